The van der Waals surface area contributed by atoms with Gasteiger partial charge in [-0.3, -0.25) is 14.7 Å². The van der Waals surface area contributed by atoms with Crippen LogP contribution in [-0.4, -0.2) is 45.9 Å². The van der Waals surface area contributed by atoms with Gasteiger partial charge in [-0.05, 0) is 49.6 Å². The highest BCUT2D eigenvalue weighted by Gasteiger charge is 2.45. The lowest BCUT2D eigenvalue weighted by atomic mass is 9.94. The number of hydrogen-bond acceptors (Lipinski definition) is 6. The summed E-state index contributed by atoms with van der Waals surface area (Å²) in [7, 11) is 2.91. The highest BCUT2D eigenvalue weighted by Crippen LogP contribution is 2.44. The van der Waals surface area contributed by atoms with E-state index in [0.29, 0.717) is 23.5 Å². The minimum atomic E-state index is -4.50. The summed E-state index contributed by atoms with van der Waals surface area (Å²) in [5.41, 5.74) is 3.31. The molecule has 0 saturated heterocycles. The molecule has 0 unspecified atom stereocenters. The normalized spacial score (nSPS) is 16.5. The number of nitrogens with zero attached hydrogens (tertiary/aromatic N) is 2. The summed E-state index contributed by atoms with van der Waals surface area (Å²) in [6.07, 6.45) is -3.79. The number of halogens is 3. The van der Waals surface area contributed by atoms with Crippen LogP contribution in [0.1, 0.15) is 55.5 Å². The smallest absolute Gasteiger partial charge is 0.431 e. The summed E-state index contributed by atoms with van der Waals surface area (Å²) < 4.78 is 57.6. The number of fused-ring (bicyclic) bond motifs is 3. The van der Waals surface area contributed by atoms with E-state index < -0.39 is 18.0 Å². The van der Waals surface area contributed by atoms with Crippen LogP contribution in [0.15, 0.2) is 52.7 Å². The molecule has 6 nitrogen and oxygen atoms in total. The minimum absolute atomic E-state index is 0.00802. The minimum Gasteiger partial charge on any atom is -0.496 e. The number of aliphatic imine (C=N–C) groups is 1. The molecule has 0 radical (unpaired) electrons. The van der Waals surface area contributed by atoms with Gasteiger partial charge in [0.25, 0.3) is 6.47 Å². The highest BCUT2D eigenvalue weighted by molar-refractivity contribution is 6.04. The van der Waals surface area contributed by atoms with Crippen molar-refractivity contribution in [3.63, 3.8) is 0 Å². The number of methoxy groups -OCH3 is 2. The zero-order valence-electron chi connectivity index (χ0n) is 22.4. The first-order valence-electron chi connectivity index (χ1n) is 12.0. The molecular weight excluding hydrogens is 485 g/mol. The van der Waals surface area contributed by atoms with E-state index in [-0.39, 0.29) is 24.6 Å². The van der Waals surface area contributed by atoms with Crippen molar-refractivity contribution in [2.45, 2.75) is 53.3 Å². The molecule has 2 aromatic carbocycles. The Balaban J connectivity index is 0.000000616. The van der Waals surface area contributed by atoms with E-state index in [4.69, 9.17) is 14.3 Å². The summed E-state index contributed by atoms with van der Waals surface area (Å²) in [5.74, 6) is 0.970. The molecule has 37 heavy (non-hydrogen) atoms. The molecule has 2 aromatic rings. The molecule has 2 aliphatic rings. The van der Waals surface area contributed by atoms with Gasteiger partial charge >= 0.3 is 6.18 Å². The molecule has 2 heterocycles. The van der Waals surface area contributed by atoms with Gasteiger partial charge in [0.15, 0.2) is 0 Å². The molecule has 0 saturated carbocycles. The van der Waals surface area contributed by atoms with Crippen molar-refractivity contribution in [1.29, 1.82) is 0 Å². The first kappa shape index (κ1) is 29.9. The lowest BCUT2D eigenvalue weighted by molar-refractivity contribution is -0.126. The molecule has 0 N–H and O–H groups in total. The van der Waals surface area contributed by atoms with Crippen LogP contribution in [0.5, 0.6) is 5.75 Å². The fraction of sp³-hybridized carbons (Fsp3) is 0.429. The fourth-order valence-electron chi connectivity index (χ4n) is 4.14. The van der Waals surface area contributed by atoms with E-state index in [2.05, 4.69) is 23.6 Å². The van der Waals surface area contributed by atoms with E-state index in [1.807, 2.05) is 44.2 Å². The number of benzene rings is 2. The number of rotatable bonds is 3. The van der Waals surface area contributed by atoms with Gasteiger partial charge in [-0.2, -0.15) is 13.2 Å². The molecule has 202 valence electrons. The van der Waals surface area contributed by atoms with E-state index in [9.17, 15) is 13.2 Å². The van der Waals surface area contributed by atoms with Gasteiger partial charge in [0, 0.05) is 5.56 Å². The number of ether oxygens (including phenoxy) is 3. The van der Waals surface area contributed by atoms with E-state index in [0.717, 1.165) is 16.7 Å². The van der Waals surface area contributed by atoms with Gasteiger partial charge in [0.2, 0.25) is 0 Å². The Labute approximate surface area is 216 Å². The van der Waals surface area contributed by atoms with Crippen LogP contribution in [0.2, 0.25) is 0 Å². The van der Waals surface area contributed by atoms with Crippen molar-refractivity contribution in [1.82, 2.24) is 0 Å². The molecule has 4 rings (SSSR count). The third-order valence-corrected chi connectivity index (χ3v) is 5.66. The maximum absolute atomic E-state index is 14.0. The zero-order valence-corrected chi connectivity index (χ0v) is 22.4. The van der Waals surface area contributed by atoms with Crippen molar-refractivity contribution < 1.29 is 32.2 Å². The second-order valence-corrected chi connectivity index (χ2v) is 8.66. The predicted octanol–water partition coefficient (Wildman–Crippen LogP) is 6.69. The Morgan fingerprint density at radius 3 is 2.32 bits per heavy atom. The molecule has 0 bridgehead atoms. The number of carbonyl (C=O) groups excluding carboxylic acids is 1. The molecule has 9 heteroatoms. The van der Waals surface area contributed by atoms with Crippen LogP contribution in [0.25, 0.3) is 0 Å². The van der Waals surface area contributed by atoms with Crippen molar-refractivity contribution in [2.24, 2.45) is 4.99 Å². The Morgan fingerprint density at radius 1 is 1.11 bits per heavy atom. The lowest BCUT2D eigenvalue weighted by Gasteiger charge is -2.33. The third kappa shape index (κ3) is 6.91. The highest BCUT2D eigenvalue weighted by atomic mass is 19.4. The number of allylic oxidation sites excluding steroid dienone is 1. The van der Waals surface area contributed by atoms with Gasteiger partial charge in [0.05, 0.1) is 26.5 Å². The van der Waals surface area contributed by atoms with Gasteiger partial charge in [-0.15, -0.1) is 0 Å². The SMILES string of the molecule is CCC.COC=O.COc1cccc([C@H]2OCC3=NCC(C)=C(C(F)(F)F)N3c3ccc(C)cc32)c1C. The number of anilines is 1. The van der Waals surface area contributed by atoms with Gasteiger partial charge < -0.3 is 14.2 Å². The number of hydrogen-bond donors (Lipinski definition) is 0. The van der Waals surface area contributed by atoms with Crippen LogP contribution in [0, 0.1) is 13.8 Å². The number of carbonyl (C=O) groups is 1. The van der Waals surface area contributed by atoms with Crippen LogP contribution < -0.4 is 9.64 Å². The molecule has 0 amide bonds. The number of alkyl halides is 3. The second-order valence-electron chi connectivity index (χ2n) is 8.66. The third-order valence-electron chi connectivity index (χ3n) is 5.66. The molecule has 1 atom stereocenters. The van der Waals surface area contributed by atoms with E-state index >= 15 is 0 Å². The molecule has 0 aromatic heterocycles. The summed E-state index contributed by atoms with van der Waals surface area (Å²) in [5, 5.41) is 0. The summed E-state index contributed by atoms with van der Waals surface area (Å²) >= 11 is 0. The maximum atomic E-state index is 14.0. The summed E-state index contributed by atoms with van der Waals surface area (Å²) in [4.78, 5) is 14.6. The topological polar surface area (TPSA) is 60.4 Å². The Morgan fingerprint density at radius 2 is 1.76 bits per heavy atom. The largest absolute Gasteiger partial charge is 0.496 e. The zero-order chi connectivity index (χ0) is 27.8. The molecular formula is C28H35F3N2O4. The van der Waals surface area contributed by atoms with Crippen molar-refractivity contribution >= 4 is 18.0 Å². The Hall–Kier alpha value is -3.33. The first-order chi connectivity index (χ1) is 17.5. The summed E-state index contributed by atoms with van der Waals surface area (Å²) in [6.45, 7) is 9.92. The maximum Gasteiger partial charge on any atom is 0.431 e. The fourth-order valence-corrected chi connectivity index (χ4v) is 4.14. The van der Waals surface area contributed by atoms with Crippen LogP contribution in [0.4, 0.5) is 18.9 Å². The quantitative estimate of drug-likeness (QED) is 0.422. The van der Waals surface area contributed by atoms with Crippen molar-refractivity contribution in [3.05, 3.63) is 69.9 Å². The number of amidine groups is 1. The Kier molecular flexibility index (Phi) is 10.7. The van der Waals surface area contributed by atoms with Crippen molar-refractivity contribution in [3.8, 4) is 5.75 Å². The average molecular weight is 521 g/mol. The van der Waals surface area contributed by atoms with E-state index in [1.54, 1.807) is 13.2 Å². The average Bonchev–Trinajstić information content (AvgIpc) is 3.00. The molecule has 0 aliphatic carbocycles. The van der Waals surface area contributed by atoms with Crippen LogP contribution in [0.3, 0.4) is 0 Å². The van der Waals surface area contributed by atoms with Gasteiger partial charge in [0.1, 0.15) is 30.0 Å². The molecule has 0 fully saturated rings. The molecule has 2 aliphatic heterocycles. The molecule has 0 spiro atoms. The van der Waals surface area contributed by atoms with Crippen LogP contribution >= 0.6 is 0 Å². The van der Waals surface area contributed by atoms with Gasteiger partial charge in [-0.25, -0.2) is 0 Å². The van der Waals surface area contributed by atoms with Crippen molar-refractivity contribution in [2.75, 3.05) is 32.3 Å². The second kappa shape index (κ2) is 13.3. The predicted molar refractivity (Wildman–Crippen MR) is 139 cm³/mol. The van der Waals surface area contributed by atoms with Gasteiger partial charge in [-0.1, -0.05) is 50.1 Å². The van der Waals surface area contributed by atoms with E-state index in [1.165, 1.54) is 25.4 Å². The lowest BCUT2D eigenvalue weighted by Crippen LogP contribution is -2.42. The monoisotopic (exact) mass is 520 g/mol. The first-order valence-corrected chi connectivity index (χ1v) is 12.0. The standard InChI is InChI=1S/C23H23F3N2O2.C3H8.C2H4O2/c1-13-8-9-18-17(10-13)21(16-6-5-7-19(29-4)15(16)3)30-12-20-27-11-14(2)22(28(18)20)23(24,25)26;1-3-2;1-4-2-3/h5-10,21H,11-12H2,1-4H3;3H2,1-2H3;2H,1H3/t21-;;/m1../s1. The van der Waals surface area contributed by atoms with Crippen LogP contribution in [-0.2, 0) is 14.3 Å². The Bertz CT molecular complexity index is 1140. The number of aryl methyl sites for hydroxylation is 1. The summed E-state index contributed by atoms with van der Waals surface area (Å²) in [6, 6.07) is 11.1.